The summed E-state index contributed by atoms with van der Waals surface area (Å²) in [6, 6.07) is 10.1. The van der Waals surface area contributed by atoms with Crippen LogP contribution < -0.4 is 0 Å². The first-order valence-corrected chi connectivity index (χ1v) is 6.50. The van der Waals surface area contributed by atoms with E-state index in [2.05, 4.69) is 9.97 Å². The van der Waals surface area contributed by atoms with E-state index in [0.29, 0.717) is 16.6 Å². The van der Waals surface area contributed by atoms with E-state index in [-0.39, 0.29) is 17.1 Å². The third-order valence-electron chi connectivity index (χ3n) is 3.26. The Bertz CT molecular complexity index is 860. The van der Waals surface area contributed by atoms with Crippen LogP contribution in [0.4, 0.5) is 13.2 Å². The molecule has 0 radical (unpaired) electrons. The second-order valence-electron chi connectivity index (χ2n) is 4.87. The molecule has 112 valence electrons. The molecule has 0 amide bonds. The van der Waals surface area contributed by atoms with Gasteiger partial charge in [0.1, 0.15) is 11.6 Å². The maximum Gasteiger partial charge on any atom is 0.418 e. The Hall–Kier alpha value is -2.63. The number of para-hydroxylation sites is 1. The molecule has 2 aromatic carbocycles. The second kappa shape index (κ2) is 4.98. The first-order chi connectivity index (χ1) is 10.4. The number of benzene rings is 2. The average molecular weight is 304 g/mol. The van der Waals surface area contributed by atoms with E-state index in [1.807, 2.05) is 0 Å². The summed E-state index contributed by atoms with van der Waals surface area (Å²) in [5.41, 5.74) is -0.0305. The van der Waals surface area contributed by atoms with E-state index in [1.54, 1.807) is 25.1 Å². The highest BCUT2D eigenvalue weighted by molar-refractivity contribution is 5.94. The molecular formula is C16H11F3N2O. The maximum atomic E-state index is 13.1. The number of hydrogen-bond donors (Lipinski definition) is 1. The van der Waals surface area contributed by atoms with Gasteiger partial charge in [-0.15, -0.1) is 0 Å². The van der Waals surface area contributed by atoms with Gasteiger partial charge in [0, 0.05) is 10.9 Å². The molecule has 0 aliphatic carbocycles. The molecule has 1 heterocycles. The lowest BCUT2D eigenvalue weighted by Gasteiger charge is -2.12. The van der Waals surface area contributed by atoms with Crippen molar-refractivity contribution in [2.75, 3.05) is 0 Å². The maximum absolute atomic E-state index is 13.1. The summed E-state index contributed by atoms with van der Waals surface area (Å²) >= 11 is 0. The van der Waals surface area contributed by atoms with Gasteiger partial charge in [-0.25, -0.2) is 9.97 Å². The molecule has 0 saturated carbocycles. The van der Waals surface area contributed by atoms with E-state index in [9.17, 15) is 18.3 Å². The van der Waals surface area contributed by atoms with Gasteiger partial charge in [0.05, 0.1) is 16.8 Å². The van der Waals surface area contributed by atoms with Gasteiger partial charge < -0.3 is 5.11 Å². The molecular weight excluding hydrogens is 293 g/mol. The van der Waals surface area contributed by atoms with Gasteiger partial charge in [-0.2, -0.15) is 13.2 Å². The van der Waals surface area contributed by atoms with Crippen molar-refractivity contribution in [1.82, 2.24) is 9.97 Å². The molecule has 0 spiro atoms. The van der Waals surface area contributed by atoms with Crippen LogP contribution >= 0.6 is 0 Å². The molecule has 1 aromatic heterocycles. The zero-order valence-corrected chi connectivity index (χ0v) is 11.5. The van der Waals surface area contributed by atoms with E-state index in [4.69, 9.17) is 0 Å². The summed E-state index contributed by atoms with van der Waals surface area (Å²) in [5.74, 6) is 0.261. The number of phenolic OH excluding ortho intramolecular Hbond substituents is 1. The van der Waals surface area contributed by atoms with E-state index < -0.39 is 11.7 Å². The molecule has 22 heavy (non-hydrogen) atoms. The highest BCUT2D eigenvalue weighted by Crippen LogP contribution is 2.36. The summed E-state index contributed by atoms with van der Waals surface area (Å²) in [5, 5.41) is 9.87. The molecule has 0 saturated heterocycles. The molecule has 3 aromatic rings. The van der Waals surface area contributed by atoms with Crippen molar-refractivity contribution in [2.45, 2.75) is 13.1 Å². The van der Waals surface area contributed by atoms with Crippen molar-refractivity contribution in [3.63, 3.8) is 0 Å². The minimum Gasteiger partial charge on any atom is -0.508 e. The van der Waals surface area contributed by atoms with Crippen LogP contribution in [-0.4, -0.2) is 15.1 Å². The molecule has 0 aliphatic rings. The largest absolute Gasteiger partial charge is 0.508 e. The molecule has 1 N–H and O–H groups in total. The zero-order chi connectivity index (χ0) is 15.9. The van der Waals surface area contributed by atoms with E-state index in [0.717, 1.165) is 6.07 Å². The standard InChI is InChI=1S/C16H11F3N2O/c1-9-20-14(10-4-2-5-11(22)8-10)12-6-3-7-13(15(12)21-9)16(17,18)19/h2-8,22H,1H3. The Labute approximate surface area is 124 Å². The number of halogens is 3. The third-order valence-corrected chi connectivity index (χ3v) is 3.26. The van der Waals surface area contributed by atoms with Crippen LogP contribution in [0.15, 0.2) is 42.5 Å². The van der Waals surface area contributed by atoms with Gasteiger partial charge in [0.25, 0.3) is 0 Å². The first kappa shape index (κ1) is 14.3. The molecule has 6 heteroatoms. The fraction of sp³-hybridized carbons (Fsp3) is 0.125. The predicted octanol–water partition coefficient (Wildman–Crippen LogP) is 4.33. The number of hydrogen-bond acceptors (Lipinski definition) is 3. The van der Waals surface area contributed by atoms with E-state index >= 15 is 0 Å². The monoisotopic (exact) mass is 304 g/mol. The van der Waals surface area contributed by atoms with Crippen LogP contribution in [0.3, 0.4) is 0 Å². The lowest BCUT2D eigenvalue weighted by Crippen LogP contribution is -2.08. The number of rotatable bonds is 1. The zero-order valence-electron chi connectivity index (χ0n) is 11.5. The van der Waals surface area contributed by atoms with Gasteiger partial charge in [-0.05, 0) is 25.1 Å². The Morgan fingerprint density at radius 3 is 2.41 bits per heavy atom. The number of aromatic nitrogens is 2. The lowest BCUT2D eigenvalue weighted by atomic mass is 10.0. The number of alkyl halides is 3. The Kier molecular flexibility index (Phi) is 3.24. The third kappa shape index (κ3) is 2.47. The Morgan fingerprint density at radius 2 is 1.73 bits per heavy atom. The van der Waals surface area contributed by atoms with Gasteiger partial charge in [-0.3, -0.25) is 0 Å². The summed E-state index contributed by atoms with van der Waals surface area (Å²) < 4.78 is 39.4. The van der Waals surface area contributed by atoms with Gasteiger partial charge >= 0.3 is 6.18 Å². The van der Waals surface area contributed by atoms with Crippen LogP contribution in [0, 0.1) is 6.92 Å². The van der Waals surface area contributed by atoms with Gasteiger partial charge in [-0.1, -0.05) is 24.3 Å². The smallest absolute Gasteiger partial charge is 0.418 e. The van der Waals surface area contributed by atoms with Crippen LogP contribution in [0.1, 0.15) is 11.4 Å². The Morgan fingerprint density at radius 1 is 1.00 bits per heavy atom. The normalized spacial score (nSPS) is 11.8. The van der Waals surface area contributed by atoms with Crippen LogP contribution in [0.25, 0.3) is 22.2 Å². The lowest BCUT2D eigenvalue weighted by molar-refractivity contribution is -0.136. The molecule has 3 nitrogen and oxygen atoms in total. The number of nitrogens with zero attached hydrogens (tertiary/aromatic N) is 2. The molecule has 0 bridgehead atoms. The number of aromatic hydroxyl groups is 1. The van der Waals surface area contributed by atoms with Crippen molar-refractivity contribution in [2.24, 2.45) is 0 Å². The summed E-state index contributed by atoms with van der Waals surface area (Å²) in [7, 11) is 0. The predicted molar refractivity (Wildman–Crippen MR) is 76.4 cm³/mol. The first-order valence-electron chi connectivity index (χ1n) is 6.50. The fourth-order valence-electron chi connectivity index (χ4n) is 2.37. The molecule has 0 fully saturated rings. The molecule has 0 atom stereocenters. The number of fused-ring (bicyclic) bond motifs is 1. The molecule has 0 aliphatic heterocycles. The van der Waals surface area contributed by atoms with Crippen molar-refractivity contribution >= 4 is 10.9 Å². The minimum absolute atomic E-state index is 0.0221. The highest BCUT2D eigenvalue weighted by Gasteiger charge is 2.33. The number of phenols is 1. The second-order valence-corrected chi connectivity index (χ2v) is 4.87. The highest BCUT2D eigenvalue weighted by atomic mass is 19.4. The van der Waals surface area contributed by atoms with Crippen LogP contribution in [0.5, 0.6) is 5.75 Å². The van der Waals surface area contributed by atoms with Crippen molar-refractivity contribution in [3.8, 4) is 17.0 Å². The number of aryl methyl sites for hydroxylation is 1. The van der Waals surface area contributed by atoms with Crippen molar-refractivity contribution in [1.29, 1.82) is 0 Å². The van der Waals surface area contributed by atoms with Crippen molar-refractivity contribution in [3.05, 3.63) is 53.9 Å². The quantitative estimate of drug-likeness (QED) is 0.728. The Balaban J connectivity index is 2.37. The van der Waals surface area contributed by atoms with Crippen molar-refractivity contribution < 1.29 is 18.3 Å². The summed E-state index contributed by atoms with van der Waals surface area (Å²) in [6.07, 6.45) is -4.49. The summed E-state index contributed by atoms with van der Waals surface area (Å²) in [6.45, 7) is 1.54. The SMILES string of the molecule is Cc1nc(-c2cccc(O)c2)c2cccc(C(F)(F)F)c2n1. The topological polar surface area (TPSA) is 46.0 Å². The fourth-order valence-corrected chi connectivity index (χ4v) is 2.37. The summed E-state index contributed by atoms with van der Waals surface area (Å²) in [4.78, 5) is 8.20. The van der Waals surface area contributed by atoms with Gasteiger partial charge in [0.15, 0.2) is 0 Å². The molecule has 0 unspecified atom stereocenters. The van der Waals surface area contributed by atoms with Crippen LogP contribution in [-0.2, 0) is 6.18 Å². The average Bonchev–Trinajstić information content (AvgIpc) is 2.44. The van der Waals surface area contributed by atoms with E-state index in [1.165, 1.54) is 18.2 Å². The van der Waals surface area contributed by atoms with Crippen LogP contribution in [0.2, 0.25) is 0 Å². The molecule has 3 rings (SSSR count). The van der Waals surface area contributed by atoms with Gasteiger partial charge in [0.2, 0.25) is 0 Å². The minimum atomic E-state index is -4.49.